The van der Waals surface area contributed by atoms with E-state index in [-0.39, 0.29) is 5.41 Å². The summed E-state index contributed by atoms with van der Waals surface area (Å²) in [5.74, 6) is 3.74. The summed E-state index contributed by atoms with van der Waals surface area (Å²) in [5, 5.41) is 21.2. The molecule has 8 heteroatoms. The van der Waals surface area contributed by atoms with Gasteiger partial charge in [-0.3, -0.25) is 4.79 Å². The number of halogens is 1. The molecule has 5 saturated carbocycles. The number of carbonyl (C=O) groups excluding carboxylic acids is 1. The Morgan fingerprint density at radius 1 is 1.08 bits per heavy atom. The molecule has 7 nitrogen and oxygen atoms in total. The highest BCUT2D eigenvalue weighted by molar-refractivity contribution is 6.31. The molecule has 1 aromatic carbocycles. The largest absolute Gasteiger partial charge is 0.368 e. The second-order valence-electron chi connectivity index (χ2n) is 11.8. The highest BCUT2D eigenvalue weighted by Gasteiger charge is 2.55. The number of nitrogens with one attached hydrogen (secondary N) is 3. The summed E-state index contributed by atoms with van der Waals surface area (Å²) < 4.78 is 0. The first-order valence-electron chi connectivity index (χ1n) is 13.8. The molecule has 5 atom stereocenters. The van der Waals surface area contributed by atoms with Crippen molar-refractivity contribution in [3.05, 3.63) is 46.6 Å². The molecule has 0 aliphatic heterocycles. The number of Topliss-reactive ketones (excluding diaryl/α,β-unsaturated/α-hetero) is 1. The van der Waals surface area contributed by atoms with E-state index in [0.717, 1.165) is 43.7 Å². The molecule has 3 N–H and O–H groups in total. The van der Waals surface area contributed by atoms with Crippen LogP contribution in [0.25, 0.3) is 0 Å². The Morgan fingerprint density at radius 2 is 1.84 bits per heavy atom. The Morgan fingerprint density at radius 3 is 2.57 bits per heavy atom. The maximum absolute atomic E-state index is 11.7. The van der Waals surface area contributed by atoms with Crippen LogP contribution in [0.15, 0.2) is 30.5 Å². The number of rotatable bonds is 8. The van der Waals surface area contributed by atoms with Gasteiger partial charge in [0.25, 0.3) is 0 Å². The van der Waals surface area contributed by atoms with Crippen LogP contribution < -0.4 is 16.0 Å². The minimum absolute atomic E-state index is 0.264. The standard InChI is InChI=1S/C29H35ClN6O/c30-25-4-2-1-3-19(25)15-32-28-33-16-22(14-31)27(36-28)34-17-29-11-18-9-20(12-29)26(21(10-18)13-29)35-23-5-7-24(37)8-6-23/h1-4,16,18,20-21,23,26,35H,5-13,15,17H2,(H2,32,33,34,36)/t18?,20-,21+,26?,29?. The lowest BCUT2D eigenvalue weighted by Gasteiger charge is -2.61. The van der Waals surface area contributed by atoms with E-state index in [1.54, 1.807) is 6.20 Å². The molecule has 5 aliphatic rings. The first kappa shape index (κ1) is 24.6. The van der Waals surface area contributed by atoms with Crippen molar-refractivity contribution < 1.29 is 4.79 Å². The lowest BCUT2D eigenvalue weighted by atomic mass is 9.47. The molecule has 37 heavy (non-hydrogen) atoms. The molecule has 5 aliphatic carbocycles. The fourth-order valence-electron chi connectivity index (χ4n) is 7.83. The Kier molecular flexibility index (Phi) is 6.81. The number of hydrogen-bond donors (Lipinski definition) is 3. The van der Waals surface area contributed by atoms with E-state index in [2.05, 4.69) is 32.0 Å². The normalized spacial score (nSPS) is 30.8. The van der Waals surface area contributed by atoms with Crippen LogP contribution in [-0.4, -0.2) is 34.4 Å². The molecule has 3 unspecified atom stereocenters. The summed E-state index contributed by atoms with van der Waals surface area (Å²) in [6.07, 6.45) is 11.5. The van der Waals surface area contributed by atoms with Crippen molar-refractivity contribution in [2.45, 2.75) is 76.4 Å². The monoisotopic (exact) mass is 518 g/mol. The topological polar surface area (TPSA) is 103 Å². The van der Waals surface area contributed by atoms with E-state index in [1.165, 1.54) is 32.1 Å². The van der Waals surface area contributed by atoms with E-state index in [1.807, 2.05) is 24.3 Å². The summed E-state index contributed by atoms with van der Waals surface area (Å²) in [7, 11) is 0. The minimum atomic E-state index is 0.264. The van der Waals surface area contributed by atoms with Gasteiger partial charge in [0.15, 0.2) is 0 Å². The molecule has 194 valence electrons. The smallest absolute Gasteiger partial charge is 0.224 e. The highest BCUT2D eigenvalue weighted by Crippen LogP contribution is 2.60. The van der Waals surface area contributed by atoms with Gasteiger partial charge in [-0.05, 0) is 79.7 Å². The zero-order valence-electron chi connectivity index (χ0n) is 21.2. The van der Waals surface area contributed by atoms with Gasteiger partial charge in [0.1, 0.15) is 23.2 Å². The zero-order chi connectivity index (χ0) is 25.4. The molecule has 2 aromatic rings. The van der Waals surface area contributed by atoms with Crippen LogP contribution in [-0.2, 0) is 11.3 Å². The van der Waals surface area contributed by atoms with Crippen molar-refractivity contribution >= 4 is 29.2 Å². The Hall–Kier alpha value is -2.69. The lowest BCUT2D eigenvalue weighted by molar-refractivity contribution is -0.121. The number of ketones is 1. The van der Waals surface area contributed by atoms with Gasteiger partial charge in [-0.25, -0.2) is 4.98 Å². The van der Waals surface area contributed by atoms with E-state index < -0.39 is 0 Å². The van der Waals surface area contributed by atoms with Gasteiger partial charge < -0.3 is 16.0 Å². The summed E-state index contributed by atoms with van der Waals surface area (Å²) in [6.45, 7) is 1.36. The fraction of sp³-hybridized carbons (Fsp3) is 0.586. The van der Waals surface area contributed by atoms with Crippen LogP contribution in [0.5, 0.6) is 0 Å². The Balaban J connectivity index is 1.11. The van der Waals surface area contributed by atoms with Crippen LogP contribution in [0, 0.1) is 34.5 Å². The number of hydrogen-bond acceptors (Lipinski definition) is 7. The van der Waals surface area contributed by atoms with E-state index in [4.69, 9.17) is 11.6 Å². The maximum atomic E-state index is 11.7. The molecule has 7 rings (SSSR count). The maximum Gasteiger partial charge on any atom is 0.224 e. The third-order valence-corrected chi connectivity index (χ3v) is 9.67. The highest BCUT2D eigenvalue weighted by atomic mass is 35.5. The van der Waals surface area contributed by atoms with E-state index >= 15 is 0 Å². The average molecular weight is 519 g/mol. The molecule has 5 fully saturated rings. The molecular weight excluding hydrogens is 484 g/mol. The fourth-order valence-corrected chi connectivity index (χ4v) is 8.03. The SMILES string of the molecule is N#Cc1cnc(NCc2ccccc2Cl)nc1NCC12CC3C[C@H](C1)C(NC1CCC(=O)CC1)[C@@H](C3)C2. The summed E-state index contributed by atoms with van der Waals surface area (Å²) in [6, 6.07) is 11.1. The lowest BCUT2D eigenvalue weighted by Crippen LogP contribution is -2.61. The summed E-state index contributed by atoms with van der Waals surface area (Å²) in [4.78, 5) is 20.7. The molecule has 0 saturated heterocycles. The molecular formula is C29H35ClN6O. The zero-order valence-corrected chi connectivity index (χ0v) is 21.9. The van der Waals surface area contributed by atoms with E-state index in [0.29, 0.717) is 58.6 Å². The van der Waals surface area contributed by atoms with Crippen LogP contribution in [0.2, 0.25) is 5.02 Å². The predicted molar refractivity (Wildman–Crippen MR) is 144 cm³/mol. The quantitative estimate of drug-likeness (QED) is 0.434. The average Bonchev–Trinajstić information content (AvgIpc) is 2.90. The van der Waals surface area contributed by atoms with Gasteiger partial charge >= 0.3 is 0 Å². The third-order valence-electron chi connectivity index (χ3n) is 9.31. The molecule has 4 bridgehead atoms. The van der Waals surface area contributed by atoms with Crippen molar-refractivity contribution in [2.75, 3.05) is 17.2 Å². The Labute approximate surface area is 223 Å². The molecule has 0 radical (unpaired) electrons. The van der Waals surface area contributed by atoms with Gasteiger partial charge in [0.05, 0.1) is 6.20 Å². The second kappa shape index (κ2) is 10.2. The summed E-state index contributed by atoms with van der Waals surface area (Å²) >= 11 is 6.29. The number of nitrogens with zero attached hydrogens (tertiary/aromatic N) is 3. The first-order valence-corrected chi connectivity index (χ1v) is 14.1. The van der Waals surface area contributed by atoms with Crippen molar-refractivity contribution in [1.82, 2.24) is 15.3 Å². The number of nitriles is 1. The van der Waals surface area contributed by atoms with Gasteiger partial charge in [-0.2, -0.15) is 10.2 Å². The van der Waals surface area contributed by atoms with Gasteiger partial charge in [0.2, 0.25) is 5.95 Å². The summed E-state index contributed by atoms with van der Waals surface area (Å²) in [5.41, 5.74) is 1.71. The number of anilines is 2. The number of carbonyl (C=O) groups is 1. The van der Waals surface area contributed by atoms with Crippen LogP contribution in [0.1, 0.15) is 68.9 Å². The van der Waals surface area contributed by atoms with Crippen LogP contribution in [0.3, 0.4) is 0 Å². The second-order valence-corrected chi connectivity index (χ2v) is 12.2. The van der Waals surface area contributed by atoms with Crippen LogP contribution >= 0.6 is 11.6 Å². The number of aromatic nitrogens is 2. The van der Waals surface area contributed by atoms with Gasteiger partial charge in [-0.1, -0.05) is 29.8 Å². The molecule has 1 heterocycles. The molecule has 1 aromatic heterocycles. The molecule has 0 spiro atoms. The van der Waals surface area contributed by atoms with Gasteiger partial charge in [0, 0.05) is 43.0 Å². The van der Waals surface area contributed by atoms with E-state index in [9.17, 15) is 10.1 Å². The van der Waals surface area contributed by atoms with Crippen molar-refractivity contribution in [2.24, 2.45) is 23.2 Å². The molecule has 0 amide bonds. The van der Waals surface area contributed by atoms with Crippen LogP contribution in [0.4, 0.5) is 11.8 Å². The minimum Gasteiger partial charge on any atom is -0.368 e. The van der Waals surface area contributed by atoms with Crippen molar-refractivity contribution in [3.8, 4) is 6.07 Å². The Bertz CT molecular complexity index is 1190. The number of benzene rings is 1. The van der Waals surface area contributed by atoms with Crippen molar-refractivity contribution in [3.63, 3.8) is 0 Å². The third kappa shape index (κ3) is 5.19. The van der Waals surface area contributed by atoms with Gasteiger partial charge in [-0.15, -0.1) is 0 Å². The first-order chi connectivity index (χ1) is 18.0. The predicted octanol–water partition coefficient (Wildman–Crippen LogP) is 5.32. The van der Waals surface area contributed by atoms with Crippen molar-refractivity contribution in [1.29, 1.82) is 5.26 Å².